The molecule has 1 saturated heterocycles. The normalized spacial score (nSPS) is 20.4. The second-order valence-corrected chi connectivity index (χ2v) is 8.13. The van der Waals surface area contributed by atoms with E-state index in [2.05, 4.69) is 46.7 Å². The molecule has 0 unspecified atom stereocenters. The first-order valence-corrected chi connectivity index (χ1v) is 11.2. The van der Waals surface area contributed by atoms with E-state index in [9.17, 15) is 0 Å². The molecule has 2 aliphatic rings. The van der Waals surface area contributed by atoms with Crippen molar-refractivity contribution in [3.8, 4) is 0 Å². The fourth-order valence-corrected chi connectivity index (χ4v) is 4.61. The van der Waals surface area contributed by atoms with E-state index in [1.165, 1.54) is 43.2 Å². The van der Waals surface area contributed by atoms with Gasteiger partial charge in [0.2, 0.25) is 0 Å². The molecule has 2 fully saturated rings. The van der Waals surface area contributed by atoms with Gasteiger partial charge in [-0.25, -0.2) is 4.99 Å². The summed E-state index contributed by atoms with van der Waals surface area (Å²) in [5.74, 6) is 0.901. The minimum absolute atomic E-state index is 0.228. The first-order valence-electron chi connectivity index (χ1n) is 11.2. The fraction of sp³-hybridized carbons (Fsp3) is 0.696. The number of nitrogens with one attached hydrogen (secondary N) is 2. The largest absolute Gasteiger partial charge is 0.380 e. The Kier molecular flexibility index (Phi) is 8.77. The maximum absolute atomic E-state index is 5.61. The SMILES string of the molecule is CCNC(=NCc1ccccc1COC)NCC1(N2CCOCC2)CCCCC1. The number of morpholine rings is 1. The van der Waals surface area contributed by atoms with Gasteiger partial charge in [-0.3, -0.25) is 4.90 Å². The third kappa shape index (κ3) is 6.17. The molecule has 1 aromatic rings. The maximum Gasteiger partial charge on any atom is 0.191 e. The summed E-state index contributed by atoms with van der Waals surface area (Å²) in [5, 5.41) is 7.10. The lowest BCUT2D eigenvalue weighted by Gasteiger charge is -2.48. The highest BCUT2D eigenvalue weighted by atomic mass is 16.5. The summed E-state index contributed by atoms with van der Waals surface area (Å²) in [4.78, 5) is 7.55. The van der Waals surface area contributed by atoms with Crippen LogP contribution < -0.4 is 10.6 Å². The minimum Gasteiger partial charge on any atom is -0.380 e. The Morgan fingerprint density at radius 1 is 1.10 bits per heavy atom. The average Bonchev–Trinajstić information content (AvgIpc) is 2.78. The van der Waals surface area contributed by atoms with E-state index in [1.54, 1.807) is 7.11 Å². The number of hydrogen-bond acceptors (Lipinski definition) is 4. The smallest absolute Gasteiger partial charge is 0.191 e. The van der Waals surface area contributed by atoms with Gasteiger partial charge in [-0.15, -0.1) is 0 Å². The summed E-state index contributed by atoms with van der Waals surface area (Å²) in [6.07, 6.45) is 6.51. The molecule has 1 aliphatic carbocycles. The molecular weight excluding hydrogens is 364 g/mol. The minimum atomic E-state index is 0.228. The van der Waals surface area contributed by atoms with Crippen molar-refractivity contribution in [2.24, 2.45) is 4.99 Å². The monoisotopic (exact) mass is 402 g/mol. The van der Waals surface area contributed by atoms with Gasteiger partial charge in [-0.1, -0.05) is 43.5 Å². The van der Waals surface area contributed by atoms with Gasteiger partial charge in [0, 0.05) is 38.8 Å². The zero-order chi connectivity index (χ0) is 20.4. The Morgan fingerprint density at radius 3 is 2.52 bits per heavy atom. The first-order chi connectivity index (χ1) is 14.3. The lowest BCUT2D eigenvalue weighted by molar-refractivity contribution is -0.0352. The van der Waals surface area contributed by atoms with Gasteiger partial charge in [0.25, 0.3) is 0 Å². The van der Waals surface area contributed by atoms with Crippen molar-refractivity contribution < 1.29 is 9.47 Å². The van der Waals surface area contributed by atoms with Crippen LogP contribution in [0.1, 0.15) is 50.2 Å². The molecule has 6 heteroatoms. The zero-order valence-corrected chi connectivity index (χ0v) is 18.2. The molecule has 0 bridgehead atoms. The van der Waals surface area contributed by atoms with Crippen LogP contribution in [0.5, 0.6) is 0 Å². The molecule has 0 spiro atoms. The van der Waals surface area contributed by atoms with E-state index in [0.29, 0.717) is 13.2 Å². The summed E-state index contributed by atoms with van der Waals surface area (Å²) in [5.41, 5.74) is 2.64. The molecule has 6 nitrogen and oxygen atoms in total. The van der Waals surface area contributed by atoms with Crippen LogP contribution in [-0.4, -0.2) is 62.9 Å². The fourth-order valence-electron chi connectivity index (χ4n) is 4.61. The molecule has 1 heterocycles. The Balaban J connectivity index is 1.67. The number of guanidine groups is 1. The topological polar surface area (TPSA) is 58.1 Å². The lowest BCUT2D eigenvalue weighted by Crippen LogP contribution is -2.60. The molecule has 0 aromatic heterocycles. The van der Waals surface area contributed by atoms with Crippen LogP contribution in [0.25, 0.3) is 0 Å². The van der Waals surface area contributed by atoms with Crippen molar-refractivity contribution in [1.29, 1.82) is 0 Å². The van der Waals surface area contributed by atoms with Crippen LogP contribution in [0.3, 0.4) is 0 Å². The number of nitrogens with zero attached hydrogens (tertiary/aromatic N) is 2. The number of ether oxygens (including phenoxy) is 2. The lowest BCUT2D eigenvalue weighted by atomic mass is 9.80. The highest BCUT2D eigenvalue weighted by Gasteiger charge is 2.38. The van der Waals surface area contributed by atoms with Gasteiger partial charge < -0.3 is 20.1 Å². The molecule has 0 radical (unpaired) electrons. The predicted octanol–water partition coefficient (Wildman–Crippen LogP) is 2.92. The van der Waals surface area contributed by atoms with Gasteiger partial charge in [-0.05, 0) is 30.9 Å². The molecule has 1 aliphatic heterocycles. The van der Waals surface area contributed by atoms with E-state index < -0.39 is 0 Å². The molecular formula is C23H38N4O2. The maximum atomic E-state index is 5.61. The Hall–Kier alpha value is -1.63. The second-order valence-electron chi connectivity index (χ2n) is 8.13. The van der Waals surface area contributed by atoms with Gasteiger partial charge in [0.05, 0.1) is 26.4 Å². The number of rotatable bonds is 8. The van der Waals surface area contributed by atoms with E-state index in [4.69, 9.17) is 14.5 Å². The van der Waals surface area contributed by atoms with Crippen molar-refractivity contribution in [2.45, 2.75) is 57.7 Å². The number of benzene rings is 1. The molecule has 29 heavy (non-hydrogen) atoms. The van der Waals surface area contributed by atoms with Crippen LogP contribution in [0, 0.1) is 0 Å². The summed E-state index contributed by atoms with van der Waals surface area (Å²) in [6.45, 7) is 8.98. The highest BCUT2D eigenvalue weighted by Crippen LogP contribution is 2.33. The number of hydrogen-bond donors (Lipinski definition) is 2. The molecule has 3 rings (SSSR count). The van der Waals surface area contributed by atoms with Crippen molar-refractivity contribution in [3.63, 3.8) is 0 Å². The Morgan fingerprint density at radius 2 is 1.83 bits per heavy atom. The third-order valence-corrected chi connectivity index (χ3v) is 6.22. The molecule has 1 saturated carbocycles. The number of methoxy groups -OCH3 is 1. The Labute approximate surface area is 176 Å². The van der Waals surface area contributed by atoms with Crippen molar-refractivity contribution in [1.82, 2.24) is 15.5 Å². The molecule has 162 valence electrons. The molecule has 1 aromatic carbocycles. The number of aliphatic imine (C=N–C) groups is 1. The molecule has 2 N–H and O–H groups in total. The average molecular weight is 403 g/mol. The van der Waals surface area contributed by atoms with E-state index in [1.807, 2.05) is 0 Å². The van der Waals surface area contributed by atoms with Crippen molar-refractivity contribution in [3.05, 3.63) is 35.4 Å². The van der Waals surface area contributed by atoms with Crippen molar-refractivity contribution in [2.75, 3.05) is 46.5 Å². The van der Waals surface area contributed by atoms with Crippen LogP contribution in [-0.2, 0) is 22.6 Å². The Bertz CT molecular complexity index is 638. The first kappa shape index (κ1) is 22.1. The van der Waals surface area contributed by atoms with E-state index >= 15 is 0 Å². The highest BCUT2D eigenvalue weighted by molar-refractivity contribution is 5.79. The zero-order valence-electron chi connectivity index (χ0n) is 18.2. The molecule has 0 amide bonds. The third-order valence-electron chi connectivity index (χ3n) is 6.22. The second kappa shape index (κ2) is 11.5. The predicted molar refractivity (Wildman–Crippen MR) is 118 cm³/mol. The van der Waals surface area contributed by atoms with Crippen LogP contribution >= 0.6 is 0 Å². The summed E-state index contributed by atoms with van der Waals surface area (Å²) < 4.78 is 10.9. The standard InChI is InChI=1S/C23H38N4O2/c1-3-24-22(25-17-20-9-5-6-10-21(20)18-28-2)26-19-23(11-7-4-8-12-23)27-13-15-29-16-14-27/h5-6,9-10H,3-4,7-8,11-19H2,1-2H3,(H2,24,25,26). The van der Waals surface area contributed by atoms with Crippen LogP contribution in [0.2, 0.25) is 0 Å². The van der Waals surface area contributed by atoms with E-state index in [-0.39, 0.29) is 5.54 Å². The van der Waals surface area contributed by atoms with Gasteiger partial charge >= 0.3 is 0 Å². The van der Waals surface area contributed by atoms with Gasteiger partial charge in [0.15, 0.2) is 5.96 Å². The van der Waals surface area contributed by atoms with Crippen LogP contribution in [0.4, 0.5) is 0 Å². The quantitative estimate of drug-likeness (QED) is 0.517. The summed E-state index contributed by atoms with van der Waals surface area (Å²) in [6, 6.07) is 8.38. The van der Waals surface area contributed by atoms with Crippen molar-refractivity contribution >= 4 is 5.96 Å². The van der Waals surface area contributed by atoms with Gasteiger partial charge in [-0.2, -0.15) is 0 Å². The van der Waals surface area contributed by atoms with Gasteiger partial charge in [0.1, 0.15) is 0 Å². The summed E-state index contributed by atoms with van der Waals surface area (Å²) in [7, 11) is 1.74. The van der Waals surface area contributed by atoms with E-state index in [0.717, 1.165) is 45.4 Å². The molecule has 0 atom stereocenters. The summed E-state index contributed by atoms with van der Waals surface area (Å²) >= 11 is 0. The van der Waals surface area contributed by atoms with Crippen LogP contribution in [0.15, 0.2) is 29.3 Å².